The number of fused-ring (bicyclic) bond motifs is 1. The summed E-state index contributed by atoms with van der Waals surface area (Å²) in [7, 11) is 1.94. The summed E-state index contributed by atoms with van der Waals surface area (Å²) in [5, 5.41) is 5.01. The van der Waals surface area contributed by atoms with E-state index in [9.17, 15) is 4.39 Å². The maximum absolute atomic E-state index is 13.6. The van der Waals surface area contributed by atoms with Crippen molar-refractivity contribution in [1.82, 2.24) is 19.7 Å². The predicted octanol–water partition coefficient (Wildman–Crippen LogP) is 2.57. The summed E-state index contributed by atoms with van der Waals surface area (Å²) in [6, 6.07) is 4.67. The number of nitrogens with zero attached hydrogens (tertiary/aromatic N) is 5. The minimum Gasteiger partial charge on any atom is -0.356 e. The zero-order valence-corrected chi connectivity index (χ0v) is 13.0. The molecule has 1 saturated heterocycles. The first-order valence-corrected chi connectivity index (χ1v) is 7.82. The van der Waals surface area contributed by atoms with Gasteiger partial charge in [0, 0.05) is 31.7 Å². The molecule has 2 aromatic heterocycles. The van der Waals surface area contributed by atoms with Crippen molar-refractivity contribution in [3.05, 3.63) is 48.3 Å². The molecule has 1 atom stereocenters. The van der Waals surface area contributed by atoms with E-state index < -0.39 is 0 Å². The van der Waals surface area contributed by atoms with Crippen molar-refractivity contribution in [2.45, 2.75) is 12.8 Å². The number of anilines is 1. The lowest BCUT2D eigenvalue weighted by Crippen LogP contribution is -2.21. The lowest BCUT2D eigenvalue weighted by Gasteiger charge is -2.19. The summed E-state index contributed by atoms with van der Waals surface area (Å²) in [5.74, 6) is 1.15. The van der Waals surface area contributed by atoms with E-state index in [0.29, 0.717) is 5.92 Å². The number of benzene rings is 1. The van der Waals surface area contributed by atoms with Crippen molar-refractivity contribution in [3.63, 3.8) is 0 Å². The highest BCUT2D eigenvalue weighted by atomic mass is 19.1. The van der Waals surface area contributed by atoms with E-state index >= 15 is 0 Å². The summed E-state index contributed by atoms with van der Waals surface area (Å²) in [6.45, 7) is 1.87. The molecule has 1 aromatic carbocycles. The molecule has 3 aromatic rings. The topological polar surface area (TPSA) is 46.8 Å². The zero-order chi connectivity index (χ0) is 15.8. The summed E-state index contributed by atoms with van der Waals surface area (Å²) in [6.07, 6.45) is 7.68. The average Bonchev–Trinajstić information content (AvgIpc) is 3.16. The SMILES string of the molecule is Cn1cc(CC2CCN(c3ncnc4ccc(F)cc34)C2)cn1. The van der Waals surface area contributed by atoms with Crippen LogP contribution in [0.3, 0.4) is 0 Å². The molecule has 6 heteroatoms. The van der Waals surface area contributed by atoms with Gasteiger partial charge in [0.25, 0.3) is 0 Å². The molecule has 1 aliphatic heterocycles. The third-order valence-corrected chi connectivity index (χ3v) is 4.44. The fourth-order valence-corrected chi connectivity index (χ4v) is 3.37. The number of hydrogen-bond donors (Lipinski definition) is 0. The van der Waals surface area contributed by atoms with E-state index in [4.69, 9.17) is 0 Å². The van der Waals surface area contributed by atoms with E-state index in [1.165, 1.54) is 17.7 Å². The molecule has 23 heavy (non-hydrogen) atoms. The third kappa shape index (κ3) is 2.76. The number of aryl methyl sites for hydroxylation is 1. The molecule has 118 valence electrons. The van der Waals surface area contributed by atoms with Crippen LogP contribution in [-0.2, 0) is 13.5 Å². The Morgan fingerprint density at radius 2 is 2.22 bits per heavy atom. The number of rotatable bonds is 3. The smallest absolute Gasteiger partial charge is 0.139 e. The van der Waals surface area contributed by atoms with Gasteiger partial charge in [0.15, 0.2) is 0 Å². The van der Waals surface area contributed by atoms with Crippen LogP contribution >= 0.6 is 0 Å². The van der Waals surface area contributed by atoms with Crippen LogP contribution in [-0.4, -0.2) is 32.8 Å². The second kappa shape index (κ2) is 5.61. The van der Waals surface area contributed by atoms with Crippen LogP contribution < -0.4 is 4.90 Å². The first kappa shape index (κ1) is 14.1. The Labute approximate surface area is 133 Å². The molecule has 4 rings (SSSR count). The third-order valence-electron chi connectivity index (χ3n) is 4.44. The predicted molar refractivity (Wildman–Crippen MR) is 86.7 cm³/mol. The molecule has 0 aliphatic carbocycles. The van der Waals surface area contributed by atoms with Crippen molar-refractivity contribution in [3.8, 4) is 0 Å². The molecule has 0 spiro atoms. The number of halogens is 1. The molecule has 0 bridgehead atoms. The molecule has 5 nitrogen and oxygen atoms in total. The maximum atomic E-state index is 13.6. The van der Waals surface area contributed by atoms with Gasteiger partial charge in [-0.05, 0) is 42.5 Å². The Hall–Kier alpha value is -2.50. The molecule has 0 N–H and O–H groups in total. The van der Waals surface area contributed by atoms with Crippen LogP contribution in [0.2, 0.25) is 0 Å². The van der Waals surface area contributed by atoms with Gasteiger partial charge < -0.3 is 4.90 Å². The highest BCUT2D eigenvalue weighted by molar-refractivity contribution is 5.89. The fourth-order valence-electron chi connectivity index (χ4n) is 3.37. The van der Waals surface area contributed by atoms with E-state index in [0.717, 1.165) is 42.7 Å². The Kier molecular flexibility index (Phi) is 3.44. The van der Waals surface area contributed by atoms with Crippen molar-refractivity contribution in [2.75, 3.05) is 18.0 Å². The fraction of sp³-hybridized carbons (Fsp3) is 0.353. The van der Waals surface area contributed by atoms with Crippen LogP contribution in [0.5, 0.6) is 0 Å². The Balaban J connectivity index is 1.56. The lowest BCUT2D eigenvalue weighted by molar-refractivity contribution is 0.586. The Morgan fingerprint density at radius 1 is 1.30 bits per heavy atom. The molecule has 1 unspecified atom stereocenters. The van der Waals surface area contributed by atoms with Gasteiger partial charge in [-0.25, -0.2) is 14.4 Å². The van der Waals surface area contributed by atoms with Gasteiger partial charge >= 0.3 is 0 Å². The van der Waals surface area contributed by atoms with Crippen LogP contribution in [0.4, 0.5) is 10.2 Å². The van der Waals surface area contributed by atoms with Gasteiger partial charge in [-0.2, -0.15) is 5.10 Å². The van der Waals surface area contributed by atoms with Crippen molar-refractivity contribution >= 4 is 16.7 Å². The summed E-state index contributed by atoms with van der Waals surface area (Å²) in [4.78, 5) is 10.9. The first-order chi connectivity index (χ1) is 11.2. The standard InChI is InChI=1S/C17H18FN5/c1-22-9-13(8-21-22)6-12-4-5-23(10-12)17-15-7-14(18)2-3-16(15)19-11-20-17/h2-3,7-9,11-12H,4-6,10H2,1H3. The molecule has 1 aliphatic rings. The van der Waals surface area contributed by atoms with Crippen molar-refractivity contribution in [1.29, 1.82) is 0 Å². The van der Waals surface area contributed by atoms with Gasteiger partial charge in [-0.15, -0.1) is 0 Å². The minimum atomic E-state index is -0.250. The summed E-state index contributed by atoms with van der Waals surface area (Å²) < 4.78 is 15.4. The van der Waals surface area contributed by atoms with Gasteiger partial charge in [0.2, 0.25) is 0 Å². The normalized spacial score (nSPS) is 18.0. The first-order valence-electron chi connectivity index (χ1n) is 7.82. The van der Waals surface area contributed by atoms with Crippen LogP contribution in [0, 0.1) is 11.7 Å². The van der Waals surface area contributed by atoms with Crippen LogP contribution in [0.25, 0.3) is 10.9 Å². The van der Waals surface area contributed by atoms with E-state index in [1.54, 1.807) is 12.4 Å². The Morgan fingerprint density at radius 3 is 3.04 bits per heavy atom. The lowest BCUT2D eigenvalue weighted by atomic mass is 10.0. The summed E-state index contributed by atoms with van der Waals surface area (Å²) >= 11 is 0. The van der Waals surface area contributed by atoms with E-state index in [-0.39, 0.29) is 5.82 Å². The number of aromatic nitrogens is 4. The molecule has 0 saturated carbocycles. The minimum absolute atomic E-state index is 0.250. The monoisotopic (exact) mass is 311 g/mol. The molecule has 1 fully saturated rings. The van der Waals surface area contributed by atoms with Crippen LogP contribution in [0.1, 0.15) is 12.0 Å². The van der Waals surface area contributed by atoms with Crippen molar-refractivity contribution < 1.29 is 4.39 Å². The average molecular weight is 311 g/mol. The molecule has 0 radical (unpaired) electrons. The highest BCUT2D eigenvalue weighted by Gasteiger charge is 2.25. The number of hydrogen-bond acceptors (Lipinski definition) is 4. The second-order valence-corrected chi connectivity index (χ2v) is 6.19. The van der Waals surface area contributed by atoms with Gasteiger partial charge in [-0.1, -0.05) is 0 Å². The molecular formula is C17H18FN5. The molecular weight excluding hydrogens is 293 g/mol. The van der Waals surface area contributed by atoms with E-state index in [1.807, 2.05) is 17.9 Å². The highest BCUT2D eigenvalue weighted by Crippen LogP contribution is 2.29. The molecule has 3 heterocycles. The quantitative estimate of drug-likeness (QED) is 0.746. The van der Waals surface area contributed by atoms with Crippen LogP contribution in [0.15, 0.2) is 36.9 Å². The maximum Gasteiger partial charge on any atom is 0.139 e. The van der Waals surface area contributed by atoms with Gasteiger partial charge in [0.1, 0.15) is 18.0 Å². The van der Waals surface area contributed by atoms with Gasteiger partial charge in [0.05, 0.1) is 11.7 Å². The largest absolute Gasteiger partial charge is 0.356 e. The Bertz CT molecular complexity index is 844. The van der Waals surface area contributed by atoms with E-state index in [2.05, 4.69) is 26.2 Å². The van der Waals surface area contributed by atoms with Crippen molar-refractivity contribution in [2.24, 2.45) is 13.0 Å². The summed E-state index contributed by atoms with van der Waals surface area (Å²) in [5.41, 5.74) is 2.05. The van der Waals surface area contributed by atoms with Gasteiger partial charge in [-0.3, -0.25) is 4.68 Å². The zero-order valence-electron chi connectivity index (χ0n) is 13.0. The second-order valence-electron chi connectivity index (χ2n) is 6.19. The molecule has 0 amide bonds.